The van der Waals surface area contributed by atoms with Crippen molar-refractivity contribution < 1.29 is 4.79 Å². The zero-order valence-corrected chi connectivity index (χ0v) is 14.4. The Labute approximate surface area is 138 Å². The molecule has 23 heavy (non-hydrogen) atoms. The van der Waals surface area contributed by atoms with Crippen molar-refractivity contribution in [2.75, 3.05) is 36.8 Å². The molecule has 2 aromatic rings. The second kappa shape index (κ2) is 8.53. The van der Waals surface area contributed by atoms with Gasteiger partial charge in [0.2, 0.25) is 5.91 Å². The molecule has 2 aromatic carbocycles. The van der Waals surface area contributed by atoms with E-state index in [1.54, 1.807) is 0 Å². The van der Waals surface area contributed by atoms with Crippen LogP contribution in [0, 0.1) is 0 Å². The van der Waals surface area contributed by atoms with Gasteiger partial charge in [-0.25, -0.2) is 0 Å². The number of likely N-dealkylation sites (N-methyl/N-ethyl adjacent to an activating group) is 1. The van der Waals surface area contributed by atoms with Crippen LogP contribution in [0.4, 0.5) is 11.4 Å². The van der Waals surface area contributed by atoms with Gasteiger partial charge in [-0.3, -0.25) is 4.79 Å². The average molecular weight is 313 g/mol. The maximum Gasteiger partial charge on any atom is 0.224 e. The van der Waals surface area contributed by atoms with Gasteiger partial charge in [0.25, 0.3) is 0 Å². The van der Waals surface area contributed by atoms with Crippen LogP contribution in [0.2, 0.25) is 0 Å². The van der Waals surface area contributed by atoms with Crippen molar-refractivity contribution in [3.63, 3.8) is 0 Å². The second-order valence-electron chi connectivity index (χ2n) is 5.56. The van der Waals surface area contributed by atoms with Crippen molar-refractivity contribution in [1.29, 1.82) is 0 Å². The summed E-state index contributed by atoms with van der Waals surface area (Å²) < 4.78 is 0. The van der Waals surface area contributed by atoms with Crippen molar-refractivity contribution in [3.05, 3.63) is 36.4 Å². The van der Waals surface area contributed by atoms with E-state index in [9.17, 15) is 4.79 Å². The molecule has 4 nitrogen and oxygen atoms in total. The molecule has 4 heteroatoms. The lowest BCUT2D eigenvalue weighted by Crippen LogP contribution is -2.28. The van der Waals surface area contributed by atoms with Gasteiger partial charge < -0.3 is 15.5 Å². The van der Waals surface area contributed by atoms with Crippen LogP contribution < -0.4 is 10.6 Å². The Bertz CT molecular complexity index is 650. The highest BCUT2D eigenvalue weighted by molar-refractivity contribution is 6.06. The van der Waals surface area contributed by atoms with Crippen LogP contribution in [0.25, 0.3) is 10.8 Å². The molecule has 0 bridgehead atoms. The zero-order valence-electron chi connectivity index (χ0n) is 14.4. The van der Waals surface area contributed by atoms with Crippen molar-refractivity contribution in [3.8, 4) is 0 Å². The molecule has 2 N–H and O–H groups in total. The molecule has 0 aliphatic rings. The van der Waals surface area contributed by atoms with Crippen LogP contribution in [0.5, 0.6) is 0 Å². The minimum atomic E-state index is 0.0393. The molecule has 0 fully saturated rings. The molecular weight excluding hydrogens is 286 g/mol. The van der Waals surface area contributed by atoms with E-state index in [1.165, 1.54) is 0 Å². The third-order valence-corrected chi connectivity index (χ3v) is 4.16. The summed E-state index contributed by atoms with van der Waals surface area (Å²) in [4.78, 5) is 14.1. The molecule has 1 amide bonds. The van der Waals surface area contributed by atoms with E-state index in [2.05, 4.69) is 47.6 Å². The van der Waals surface area contributed by atoms with Gasteiger partial charge in [-0.2, -0.15) is 0 Å². The first-order valence-electron chi connectivity index (χ1n) is 8.47. The number of carbonyl (C=O) groups is 1. The third kappa shape index (κ3) is 4.45. The van der Waals surface area contributed by atoms with Gasteiger partial charge in [0, 0.05) is 41.7 Å². The number of nitrogens with zero attached hydrogens (tertiary/aromatic N) is 1. The lowest BCUT2D eigenvalue weighted by molar-refractivity contribution is -0.115. The van der Waals surface area contributed by atoms with Gasteiger partial charge in [0.15, 0.2) is 0 Å². The summed E-state index contributed by atoms with van der Waals surface area (Å²) in [5.74, 6) is 0.0393. The number of anilines is 2. The van der Waals surface area contributed by atoms with E-state index in [0.29, 0.717) is 6.42 Å². The molecule has 124 valence electrons. The Morgan fingerprint density at radius 1 is 0.957 bits per heavy atom. The highest BCUT2D eigenvalue weighted by Gasteiger charge is 2.08. The molecule has 0 saturated heterocycles. The Morgan fingerprint density at radius 2 is 1.57 bits per heavy atom. The highest BCUT2D eigenvalue weighted by atomic mass is 16.1. The van der Waals surface area contributed by atoms with Gasteiger partial charge in [0.05, 0.1) is 0 Å². The predicted octanol–water partition coefficient (Wildman–Crippen LogP) is 3.94. The summed E-state index contributed by atoms with van der Waals surface area (Å²) in [7, 11) is 0. The Hall–Kier alpha value is -2.07. The largest absolute Gasteiger partial charge is 0.383 e. The Balaban J connectivity index is 2.18. The number of rotatable bonds is 8. The standard InChI is InChI=1S/C19H27N3O/c1-4-19(23)21-18-12-11-17(15-9-7-8-10-16(15)18)20-13-14-22(5-2)6-3/h7-12,20H,4-6,13-14H2,1-3H3,(H,21,23). The lowest BCUT2D eigenvalue weighted by atomic mass is 10.1. The van der Waals surface area contributed by atoms with Crippen LogP contribution in [0.1, 0.15) is 27.2 Å². The van der Waals surface area contributed by atoms with E-state index in [4.69, 9.17) is 0 Å². The fourth-order valence-corrected chi connectivity index (χ4v) is 2.69. The molecule has 2 rings (SSSR count). The molecule has 0 radical (unpaired) electrons. The van der Waals surface area contributed by atoms with Crippen molar-refractivity contribution in [2.24, 2.45) is 0 Å². The van der Waals surface area contributed by atoms with Crippen LogP contribution in [-0.2, 0) is 4.79 Å². The lowest BCUT2D eigenvalue weighted by Gasteiger charge is -2.19. The van der Waals surface area contributed by atoms with Gasteiger partial charge in [-0.1, -0.05) is 45.0 Å². The minimum Gasteiger partial charge on any atom is -0.383 e. The molecule has 0 unspecified atom stereocenters. The molecule has 0 heterocycles. The van der Waals surface area contributed by atoms with E-state index < -0.39 is 0 Å². The van der Waals surface area contributed by atoms with Crippen LogP contribution >= 0.6 is 0 Å². The van der Waals surface area contributed by atoms with Gasteiger partial charge in [-0.15, -0.1) is 0 Å². The topological polar surface area (TPSA) is 44.4 Å². The fourth-order valence-electron chi connectivity index (χ4n) is 2.69. The normalized spacial score (nSPS) is 11.0. The molecule has 0 saturated carbocycles. The second-order valence-corrected chi connectivity index (χ2v) is 5.56. The van der Waals surface area contributed by atoms with E-state index in [-0.39, 0.29) is 5.91 Å². The van der Waals surface area contributed by atoms with Gasteiger partial charge in [-0.05, 0) is 25.2 Å². The number of carbonyl (C=O) groups excluding carboxylic acids is 1. The first-order valence-corrected chi connectivity index (χ1v) is 8.47. The summed E-state index contributed by atoms with van der Waals surface area (Å²) in [5.41, 5.74) is 1.99. The first-order chi connectivity index (χ1) is 11.2. The van der Waals surface area contributed by atoms with Crippen LogP contribution in [-0.4, -0.2) is 37.0 Å². The van der Waals surface area contributed by atoms with Crippen molar-refractivity contribution in [2.45, 2.75) is 27.2 Å². The highest BCUT2D eigenvalue weighted by Crippen LogP contribution is 2.30. The van der Waals surface area contributed by atoms with E-state index in [0.717, 1.165) is 48.3 Å². The summed E-state index contributed by atoms with van der Waals surface area (Å²) >= 11 is 0. The first kappa shape index (κ1) is 17.3. The van der Waals surface area contributed by atoms with Gasteiger partial charge in [0.1, 0.15) is 0 Å². The molecule has 0 aliphatic heterocycles. The van der Waals surface area contributed by atoms with Gasteiger partial charge >= 0.3 is 0 Å². The molecular formula is C19H27N3O. The van der Waals surface area contributed by atoms with Crippen LogP contribution in [0.3, 0.4) is 0 Å². The monoisotopic (exact) mass is 313 g/mol. The summed E-state index contributed by atoms with van der Waals surface area (Å²) in [5, 5.41) is 8.72. The summed E-state index contributed by atoms with van der Waals surface area (Å²) in [6.07, 6.45) is 0.484. The average Bonchev–Trinajstić information content (AvgIpc) is 2.60. The number of fused-ring (bicyclic) bond motifs is 1. The van der Waals surface area contributed by atoms with Crippen molar-refractivity contribution in [1.82, 2.24) is 4.90 Å². The molecule has 0 spiro atoms. The summed E-state index contributed by atoms with van der Waals surface area (Å²) in [6, 6.07) is 12.2. The number of nitrogens with one attached hydrogen (secondary N) is 2. The predicted molar refractivity (Wildman–Crippen MR) is 99.1 cm³/mol. The summed E-state index contributed by atoms with van der Waals surface area (Å²) in [6.45, 7) is 10.3. The minimum absolute atomic E-state index is 0.0393. The van der Waals surface area contributed by atoms with E-state index in [1.807, 2.05) is 25.1 Å². The number of amides is 1. The smallest absolute Gasteiger partial charge is 0.224 e. The molecule has 0 aliphatic carbocycles. The third-order valence-electron chi connectivity index (χ3n) is 4.16. The zero-order chi connectivity index (χ0) is 16.7. The maximum absolute atomic E-state index is 11.7. The van der Waals surface area contributed by atoms with Crippen molar-refractivity contribution >= 4 is 28.1 Å². The molecule has 0 aromatic heterocycles. The number of hydrogen-bond acceptors (Lipinski definition) is 3. The molecule has 0 atom stereocenters. The quantitative estimate of drug-likeness (QED) is 0.776. The number of benzene rings is 2. The maximum atomic E-state index is 11.7. The fraction of sp³-hybridized carbons (Fsp3) is 0.421. The van der Waals surface area contributed by atoms with E-state index >= 15 is 0 Å². The Kier molecular flexibility index (Phi) is 6.41. The van der Waals surface area contributed by atoms with Crippen LogP contribution in [0.15, 0.2) is 36.4 Å². The Morgan fingerprint density at radius 3 is 2.17 bits per heavy atom. The SMILES string of the molecule is CCC(=O)Nc1ccc(NCCN(CC)CC)c2ccccc12. The number of hydrogen-bond donors (Lipinski definition) is 2.